The van der Waals surface area contributed by atoms with E-state index in [9.17, 15) is 13.2 Å². The molecule has 102 valence electrons. The number of hydrogen-bond acceptors (Lipinski definition) is 2. The summed E-state index contributed by atoms with van der Waals surface area (Å²) in [6.45, 7) is 0.578. The summed E-state index contributed by atoms with van der Waals surface area (Å²) in [5, 5.41) is 4.07. The lowest BCUT2D eigenvalue weighted by Crippen LogP contribution is -2.06. The predicted octanol–water partition coefficient (Wildman–Crippen LogP) is 2.78. The molecule has 3 nitrogen and oxygen atoms in total. The van der Waals surface area contributed by atoms with Crippen molar-refractivity contribution in [2.45, 2.75) is 19.0 Å². The number of benzene rings is 1. The first-order valence-corrected chi connectivity index (χ1v) is 5.92. The van der Waals surface area contributed by atoms with Crippen molar-refractivity contribution < 1.29 is 13.2 Å². The van der Waals surface area contributed by atoms with Gasteiger partial charge in [0.1, 0.15) is 0 Å². The van der Waals surface area contributed by atoms with Crippen LogP contribution in [0.4, 0.5) is 13.2 Å². The molecule has 0 aliphatic carbocycles. The maximum atomic E-state index is 12.6. The van der Waals surface area contributed by atoms with Crippen LogP contribution in [0.5, 0.6) is 0 Å². The summed E-state index contributed by atoms with van der Waals surface area (Å²) in [6.07, 6.45) is 0.635. The summed E-state index contributed by atoms with van der Waals surface area (Å²) in [6, 6.07) is 5.09. The number of hydrogen-bond donors (Lipinski definition) is 1. The highest BCUT2D eigenvalue weighted by Crippen LogP contribution is 2.30. The zero-order valence-corrected chi connectivity index (χ0v) is 10.2. The molecular weight excluding hydrogens is 255 g/mol. The van der Waals surface area contributed by atoms with Gasteiger partial charge in [0.2, 0.25) is 0 Å². The fraction of sp³-hybridized carbons (Fsp3) is 0.308. The number of rotatable bonds is 4. The number of nitrogens with zero attached hydrogens (tertiary/aromatic N) is 2. The van der Waals surface area contributed by atoms with Crippen LogP contribution >= 0.6 is 0 Å². The summed E-state index contributed by atoms with van der Waals surface area (Å²) in [4.78, 5) is 0. The molecule has 2 rings (SSSR count). The molecule has 0 aliphatic heterocycles. The maximum absolute atomic E-state index is 12.6. The van der Waals surface area contributed by atoms with Gasteiger partial charge in [0.25, 0.3) is 0 Å². The molecule has 0 atom stereocenters. The van der Waals surface area contributed by atoms with E-state index in [1.54, 1.807) is 18.5 Å². The van der Waals surface area contributed by atoms with Gasteiger partial charge >= 0.3 is 6.18 Å². The number of aromatic nitrogens is 2. The van der Waals surface area contributed by atoms with Gasteiger partial charge < -0.3 is 5.73 Å². The Balaban J connectivity index is 2.24. The quantitative estimate of drug-likeness (QED) is 0.927. The molecule has 0 aliphatic rings. The summed E-state index contributed by atoms with van der Waals surface area (Å²) in [5.74, 6) is 0. The molecule has 0 radical (unpaired) electrons. The van der Waals surface area contributed by atoms with E-state index in [0.717, 1.165) is 30.5 Å². The standard InChI is InChI=1S/C13H14F3N3/c14-13(15,16)11-4-1-5-12(7-11)19-9-10(8-18-19)3-2-6-17/h1,4-5,7-9H,2-3,6,17H2. The highest BCUT2D eigenvalue weighted by Gasteiger charge is 2.30. The Morgan fingerprint density at radius 2 is 2.05 bits per heavy atom. The van der Waals surface area contributed by atoms with E-state index < -0.39 is 11.7 Å². The Kier molecular flexibility index (Phi) is 3.90. The second-order valence-electron chi connectivity index (χ2n) is 4.23. The largest absolute Gasteiger partial charge is 0.416 e. The second-order valence-corrected chi connectivity index (χ2v) is 4.23. The average Bonchev–Trinajstić information content (AvgIpc) is 2.84. The van der Waals surface area contributed by atoms with E-state index in [0.29, 0.717) is 12.2 Å². The first-order valence-electron chi connectivity index (χ1n) is 5.92. The number of alkyl halides is 3. The van der Waals surface area contributed by atoms with Gasteiger partial charge in [-0.3, -0.25) is 0 Å². The zero-order chi connectivity index (χ0) is 13.9. The summed E-state index contributed by atoms with van der Waals surface area (Å²) >= 11 is 0. The lowest BCUT2D eigenvalue weighted by atomic mass is 10.2. The fourth-order valence-electron chi connectivity index (χ4n) is 1.76. The van der Waals surface area contributed by atoms with Crippen molar-refractivity contribution in [3.05, 3.63) is 47.8 Å². The van der Waals surface area contributed by atoms with Crippen molar-refractivity contribution in [1.29, 1.82) is 0 Å². The minimum absolute atomic E-state index is 0.397. The van der Waals surface area contributed by atoms with Crippen LogP contribution in [0, 0.1) is 0 Å². The van der Waals surface area contributed by atoms with Gasteiger partial charge in [0, 0.05) is 6.20 Å². The van der Waals surface area contributed by atoms with Crippen molar-refractivity contribution in [1.82, 2.24) is 9.78 Å². The predicted molar refractivity (Wildman–Crippen MR) is 65.9 cm³/mol. The highest BCUT2D eigenvalue weighted by atomic mass is 19.4. The molecule has 19 heavy (non-hydrogen) atoms. The zero-order valence-electron chi connectivity index (χ0n) is 10.2. The van der Waals surface area contributed by atoms with Crippen LogP contribution in [-0.2, 0) is 12.6 Å². The molecule has 1 heterocycles. The second kappa shape index (κ2) is 5.44. The van der Waals surface area contributed by atoms with Crippen molar-refractivity contribution >= 4 is 0 Å². The van der Waals surface area contributed by atoms with E-state index in [1.165, 1.54) is 10.7 Å². The van der Waals surface area contributed by atoms with Gasteiger partial charge in [-0.15, -0.1) is 0 Å². The molecule has 0 amide bonds. The van der Waals surface area contributed by atoms with Crippen LogP contribution in [0.3, 0.4) is 0 Å². The summed E-state index contributed by atoms with van der Waals surface area (Å²) in [7, 11) is 0. The maximum Gasteiger partial charge on any atom is 0.416 e. The number of nitrogens with two attached hydrogens (primary N) is 1. The van der Waals surface area contributed by atoms with Crippen LogP contribution < -0.4 is 5.73 Å². The normalized spacial score (nSPS) is 11.8. The molecular formula is C13H14F3N3. The molecule has 0 bridgehead atoms. The van der Waals surface area contributed by atoms with Crippen LogP contribution in [0.2, 0.25) is 0 Å². The minimum Gasteiger partial charge on any atom is -0.330 e. The molecule has 0 spiro atoms. The fourth-order valence-corrected chi connectivity index (χ4v) is 1.76. The Morgan fingerprint density at radius 1 is 1.26 bits per heavy atom. The Morgan fingerprint density at radius 3 is 2.74 bits per heavy atom. The molecule has 0 saturated heterocycles. The van der Waals surface area contributed by atoms with Crippen molar-refractivity contribution in [3.63, 3.8) is 0 Å². The lowest BCUT2D eigenvalue weighted by Gasteiger charge is -2.08. The van der Waals surface area contributed by atoms with Crippen LogP contribution in [0.1, 0.15) is 17.5 Å². The van der Waals surface area contributed by atoms with Crippen LogP contribution in [-0.4, -0.2) is 16.3 Å². The Bertz CT molecular complexity index is 546. The monoisotopic (exact) mass is 269 g/mol. The summed E-state index contributed by atoms with van der Waals surface area (Å²) in [5.41, 5.74) is 6.09. The molecule has 0 saturated carbocycles. The van der Waals surface area contributed by atoms with E-state index in [1.807, 2.05) is 0 Å². The first-order chi connectivity index (χ1) is 9.00. The number of halogens is 3. The Hall–Kier alpha value is -1.82. The van der Waals surface area contributed by atoms with Gasteiger partial charge in [-0.25, -0.2) is 4.68 Å². The van der Waals surface area contributed by atoms with E-state index >= 15 is 0 Å². The molecule has 2 aromatic rings. The molecule has 1 aromatic carbocycles. The van der Waals surface area contributed by atoms with Crippen molar-refractivity contribution in [3.8, 4) is 5.69 Å². The van der Waals surface area contributed by atoms with Gasteiger partial charge in [-0.05, 0) is 43.1 Å². The third-order valence-corrected chi connectivity index (χ3v) is 2.74. The smallest absolute Gasteiger partial charge is 0.330 e. The van der Waals surface area contributed by atoms with Gasteiger partial charge in [-0.2, -0.15) is 18.3 Å². The molecule has 0 fully saturated rings. The molecule has 6 heteroatoms. The third-order valence-electron chi connectivity index (χ3n) is 2.74. The van der Waals surface area contributed by atoms with Crippen LogP contribution in [0.25, 0.3) is 5.69 Å². The topological polar surface area (TPSA) is 43.8 Å². The number of aryl methyl sites for hydroxylation is 1. The van der Waals surface area contributed by atoms with Gasteiger partial charge in [-0.1, -0.05) is 6.07 Å². The van der Waals surface area contributed by atoms with Crippen molar-refractivity contribution in [2.24, 2.45) is 5.73 Å². The first kappa shape index (κ1) is 13.6. The summed E-state index contributed by atoms with van der Waals surface area (Å²) < 4.78 is 39.3. The SMILES string of the molecule is NCCCc1cnn(-c2cccc(C(F)(F)F)c2)c1. The molecule has 2 N–H and O–H groups in total. The van der Waals surface area contributed by atoms with E-state index in [-0.39, 0.29) is 0 Å². The van der Waals surface area contributed by atoms with Crippen LogP contribution in [0.15, 0.2) is 36.7 Å². The van der Waals surface area contributed by atoms with Crippen molar-refractivity contribution in [2.75, 3.05) is 6.54 Å². The van der Waals surface area contributed by atoms with Gasteiger partial charge in [0.15, 0.2) is 0 Å². The third kappa shape index (κ3) is 3.35. The lowest BCUT2D eigenvalue weighted by molar-refractivity contribution is -0.137. The molecule has 0 unspecified atom stereocenters. The van der Waals surface area contributed by atoms with Gasteiger partial charge in [0.05, 0.1) is 17.4 Å². The minimum atomic E-state index is -4.34. The Labute approximate surface area is 108 Å². The highest BCUT2D eigenvalue weighted by molar-refractivity contribution is 5.36. The average molecular weight is 269 g/mol. The van der Waals surface area contributed by atoms with E-state index in [2.05, 4.69) is 5.10 Å². The molecule has 1 aromatic heterocycles. The van der Waals surface area contributed by atoms with E-state index in [4.69, 9.17) is 5.73 Å².